The van der Waals surface area contributed by atoms with E-state index in [9.17, 15) is 4.79 Å². The van der Waals surface area contributed by atoms with Crippen LogP contribution in [0.1, 0.15) is 5.56 Å². The SMILES string of the molecule is Cc1cc2cccn2[nH]c1=O. The smallest absolute Gasteiger partial charge is 0.265 e. The lowest BCUT2D eigenvalue weighted by molar-refractivity contribution is 0.898. The molecule has 0 fully saturated rings. The summed E-state index contributed by atoms with van der Waals surface area (Å²) in [6, 6.07) is 5.70. The Balaban J connectivity index is 2.97. The number of fused-ring (bicyclic) bond motifs is 1. The first-order valence-electron chi connectivity index (χ1n) is 3.44. The van der Waals surface area contributed by atoms with Gasteiger partial charge in [-0.25, -0.2) is 0 Å². The number of rotatable bonds is 0. The van der Waals surface area contributed by atoms with Crippen molar-refractivity contribution in [2.24, 2.45) is 0 Å². The van der Waals surface area contributed by atoms with Gasteiger partial charge >= 0.3 is 0 Å². The highest BCUT2D eigenvalue weighted by molar-refractivity contribution is 5.47. The third-order valence-electron chi connectivity index (χ3n) is 1.72. The normalized spacial score (nSPS) is 10.6. The highest BCUT2D eigenvalue weighted by Gasteiger charge is 1.94. The Kier molecular flexibility index (Phi) is 1.12. The molecule has 3 heteroatoms. The number of aromatic nitrogens is 2. The second-order valence-corrected chi connectivity index (χ2v) is 2.57. The summed E-state index contributed by atoms with van der Waals surface area (Å²) in [4.78, 5) is 11.1. The van der Waals surface area contributed by atoms with Crippen LogP contribution in [0, 0.1) is 6.92 Å². The van der Waals surface area contributed by atoms with Crippen molar-refractivity contribution in [2.75, 3.05) is 0 Å². The van der Waals surface area contributed by atoms with Crippen molar-refractivity contribution in [1.29, 1.82) is 0 Å². The fourth-order valence-corrected chi connectivity index (χ4v) is 1.10. The quantitative estimate of drug-likeness (QED) is 0.593. The van der Waals surface area contributed by atoms with E-state index in [-0.39, 0.29) is 5.56 Å². The fraction of sp³-hybridized carbons (Fsp3) is 0.125. The number of hydrogen-bond acceptors (Lipinski definition) is 1. The number of aryl methyl sites for hydroxylation is 1. The summed E-state index contributed by atoms with van der Waals surface area (Å²) in [5, 5.41) is 2.70. The lowest BCUT2D eigenvalue weighted by Gasteiger charge is -1.94. The van der Waals surface area contributed by atoms with Gasteiger partial charge in [-0.1, -0.05) is 0 Å². The molecule has 0 unspecified atom stereocenters. The predicted molar refractivity (Wildman–Crippen MR) is 42.8 cm³/mol. The Labute approximate surface area is 63.3 Å². The molecular weight excluding hydrogens is 140 g/mol. The van der Waals surface area contributed by atoms with Gasteiger partial charge in [-0.05, 0) is 25.1 Å². The van der Waals surface area contributed by atoms with Gasteiger partial charge in [0.1, 0.15) is 0 Å². The Morgan fingerprint density at radius 3 is 3.18 bits per heavy atom. The highest BCUT2D eigenvalue weighted by atomic mass is 16.1. The summed E-state index contributed by atoms with van der Waals surface area (Å²) in [6.07, 6.45) is 1.82. The van der Waals surface area contributed by atoms with Gasteiger partial charge in [0.2, 0.25) is 0 Å². The number of H-pyrrole nitrogens is 1. The Hall–Kier alpha value is -1.51. The molecule has 0 aliphatic heterocycles. The Morgan fingerprint density at radius 2 is 2.36 bits per heavy atom. The molecule has 0 atom stereocenters. The second-order valence-electron chi connectivity index (χ2n) is 2.57. The number of aromatic amines is 1. The molecule has 2 heterocycles. The van der Waals surface area contributed by atoms with Crippen LogP contribution in [0.15, 0.2) is 29.2 Å². The topological polar surface area (TPSA) is 37.3 Å². The van der Waals surface area contributed by atoms with Crippen molar-refractivity contribution in [2.45, 2.75) is 6.92 Å². The average Bonchev–Trinajstić information content (AvgIpc) is 2.36. The molecule has 2 aromatic heterocycles. The third kappa shape index (κ3) is 0.852. The molecule has 2 aromatic rings. The van der Waals surface area contributed by atoms with E-state index in [0.717, 1.165) is 11.1 Å². The Bertz CT molecular complexity index is 439. The zero-order valence-corrected chi connectivity index (χ0v) is 6.16. The fourth-order valence-electron chi connectivity index (χ4n) is 1.10. The lowest BCUT2D eigenvalue weighted by Crippen LogP contribution is -2.12. The molecule has 3 nitrogen and oxygen atoms in total. The molecule has 0 aliphatic rings. The first-order chi connectivity index (χ1) is 5.27. The maximum absolute atomic E-state index is 11.1. The average molecular weight is 148 g/mol. The second kappa shape index (κ2) is 1.99. The first kappa shape index (κ1) is 6.22. The maximum atomic E-state index is 11.1. The van der Waals surface area contributed by atoms with Crippen molar-refractivity contribution in [1.82, 2.24) is 9.61 Å². The molecule has 56 valence electrons. The van der Waals surface area contributed by atoms with Crippen LogP contribution in [-0.2, 0) is 0 Å². The molecule has 0 amide bonds. The summed E-state index contributed by atoms with van der Waals surface area (Å²) in [7, 11) is 0. The zero-order valence-electron chi connectivity index (χ0n) is 6.16. The number of hydrogen-bond donors (Lipinski definition) is 1. The van der Waals surface area contributed by atoms with Crippen molar-refractivity contribution in [3.63, 3.8) is 0 Å². The summed E-state index contributed by atoms with van der Waals surface area (Å²) >= 11 is 0. The monoisotopic (exact) mass is 148 g/mol. The van der Waals surface area contributed by atoms with Gasteiger partial charge in [-0.15, -0.1) is 0 Å². The van der Waals surface area contributed by atoms with Crippen molar-refractivity contribution >= 4 is 5.52 Å². The van der Waals surface area contributed by atoms with Crippen molar-refractivity contribution in [3.05, 3.63) is 40.3 Å². The van der Waals surface area contributed by atoms with Gasteiger partial charge < -0.3 is 0 Å². The van der Waals surface area contributed by atoms with E-state index >= 15 is 0 Å². The van der Waals surface area contributed by atoms with Crippen molar-refractivity contribution in [3.8, 4) is 0 Å². The number of nitrogens with zero attached hydrogens (tertiary/aromatic N) is 1. The zero-order chi connectivity index (χ0) is 7.84. The van der Waals surface area contributed by atoms with Crippen molar-refractivity contribution < 1.29 is 0 Å². The van der Waals surface area contributed by atoms with Crippen LogP contribution < -0.4 is 5.56 Å². The van der Waals surface area contributed by atoms with Gasteiger partial charge in [0.25, 0.3) is 5.56 Å². The van der Waals surface area contributed by atoms with E-state index in [1.807, 2.05) is 24.4 Å². The van der Waals surface area contributed by atoms with Gasteiger partial charge in [0.15, 0.2) is 0 Å². The van der Waals surface area contributed by atoms with Crippen LogP contribution in [0.25, 0.3) is 5.52 Å². The van der Waals surface area contributed by atoms with Crippen LogP contribution in [0.4, 0.5) is 0 Å². The van der Waals surface area contributed by atoms with Crippen LogP contribution in [0.5, 0.6) is 0 Å². The lowest BCUT2D eigenvalue weighted by atomic mass is 10.3. The standard InChI is InChI=1S/C8H8N2O/c1-6-5-7-3-2-4-10(7)9-8(6)11/h2-5H,1H3,(H,9,11). The van der Waals surface area contributed by atoms with E-state index in [0.29, 0.717) is 0 Å². The molecule has 0 spiro atoms. The largest absolute Gasteiger partial charge is 0.268 e. The van der Waals surface area contributed by atoms with Crippen LogP contribution in [0.2, 0.25) is 0 Å². The molecule has 0 aromatic carbocycles. The van der Waals surface area contributed by atoms with Crippen LogP contribution in [0.3, 0.4) is 0 Å². The molecule has 0 saturated heterocycles. The van der Waals surface area contributed by atoms with E-state index in [2.05, 4.69) is 5.10 Å². The van der Waals surface area contributed by atoms with Crippen LogP contribution in [-0.4, -0.2) is 9.61 Å². The molecule has 11 heavy (non-hydrogen) atoms. The molecular formula is C8H8N2O. The molecule has 0 aliphatic carbocycles. The highest BCUT2D eigenvalue weighted by Crippen LogP contribution is 2.00. The third-order valence-corrected chi connectivity index (χ3v) is 1.72. The van der Waals surface area contributed by atoms with E-state index in [4.69, 9.17) is 0 Å². The first-order valence-corrected chi connectivity index (χ1v) is 3.44. The predicted octanol–water partition coefficient (Wildman–Crippen LogP) is 0.936. The summed E-state index contributed by atoms with van der Waals surface area (Å²) < 4.78 is 1.70. The van der Waals surface area contributed by atoms with Gasteiger partial charge in [0, 0.05) is 11.8 Å². The molecule has 0 saturated carbocycles. The number of nitrogens with one attached hydrogen (secondary N) is 1. The Morgan fingerprint density at radius 1 is 1.55 bits per heavy atom. The van der Waals surface area contributed by atoms with Gasteiger partial charge in [-0.3, -0.25) is 14.4 Å². The molecule has 2 rings (SSSR count). The minimum atomic E-state index is -0.0336. The summed E-state index contributed by atoms with van der Waals surface area (Å²) in [5.74, 6) is 0. The van der Waals surface area contributed by atoms with E-state index in [1.54, 1.807) is 11.4 Å². The maximum Gasteiger partial charge on any atom is 0.265 e. The van der Waals surface area contributed by atoms with E-state index in [1.165, 1.54) is 0 Å². The molecule has 0 radical (unpaired) electrons. The minimum Gasteiger partial charge on any atom is -0.268 e. The van der Waals surface area contributed by atoms with E-state index < -0.39 is 0 Å². The van der Waals surface area contributed by atoms with Gasteiger partial charge in [-0.2, -0.15) is 0 Å². The molecule has 1 N–H and O–H groups in total. The molecule has 0 bridgehead atoms. The summed E-state index contributed by atoms with van der Waals surface area (Å²) in [6.45, 7) is 1.80. The van der Waals surface area contributed by atoms with Crippen LogP contribution >= 0.6 is 0 Å². The minimum absolute atomic E-state index is 0.0336. The van der Waals surface area contributed by atoms with Gasteiger partial charge in [0.05, 0.1) is 5.52 Å². The summed E-state index contributed by atoms with van der Waals surface area (Å²) in [5.41, 5.74) is 1.73.